The molecule has 0 unspecified atom stereocenters. The first-order valence-electron chi connectivity index (χ1n) is 6.81. The summed E-state index contributed by atoms with van der Waals surface area (Å²) in [4.78, 5) is 20.8. The Morgan fingerprint density at radius 2 is 2.17 bits per heavy atom. The number of aromatic nitrogens is 2. The smallest absolute Gasteiger partial charge is 0.259 e. The van der Waals surface area contributed by atoms with E-state index in [2.05, 4.69) is 15.3 Å². The highest BCUT2D eigenvalue weighted by molar-refractivity contribution is 7.16. The number of fused-ring (bicyclic) bond motifs is 1. The average molecular weight is 260 g/mol. The van der Waals surface area contributed by atoms with E-state index < -0.39 is 0 Å². The van der Waals surface area contributed by atoms with E-state index in [1.165, 1.54) is 37.7 Å². The zero-order valence-corrected chi connectivity index (χ0v) is 11.1. The molecule has 0 aliphatic heterocycles. The van der Waals surface area contributed by atoms with Crippen LogP contribution in [0, 0.1) is 5.92 Å². The lowest BCUT2D eigenvalue weighted by molar-refractivity contribution is 0.309. The van der Waals surface area contributed by atoms with E-state index >= 15 is 0 Å². The summed E-state index contributed by atoms with van der Waals surface area (Å²) in [6, 6.07) is 0. The second-order valence-corrected chi connectivity index (χ2v) is 6.52. The van der Waals surface area contributed by atoms with E-state index in [0.717, 1.165) is 28.4 Å². The molecule has 0 amide bonds. The fraction of sp³-hybridized carbons (Fsp3) is 0.571. The number of aromatic amines is 1. The van der Waals surface area contributed by atoms with Gasteiger partial charge in [0.1, 0.15) is 10.7 Å². The van der Waals surface area contributed by atoms with E-state index in [-0.39, 0.29) is 5.56 Å². The van der Waals surface area contributed by atoms with Crippen LogP contribution in [-0.4, -0.2) is 9.97 Å². The Morgan fingerprint density at radius 1 is 1.33 bits per heavy atom. The quantitative estimate of drug-likeness (QED) is 0.921. The highest BCUT2D eigenvalue weighted by Gasteiger charge is 2.28. The molecule has 0 saturated heterocycles. The molecule has 0 atom stereocenters. The van der Waals surface area contributed by atoms with Gasteiger partial charge in [-0.3, -0.25) is 4.79 Å². The van der Waals surface area contributed by atoms with Crippen molar-refractivity contribution >= 4 is 21.6 Å². The lowest BCUT2D eigenvalue weighted by Crippen LogP contribution is -2.19. The molecule has 4 rings (SSSR count). The molecule has 1 N–H and O–H groups in total. The average Bonchev–Trinajstić information content (AvgIpc) is 3.05. The number of rotatable bonds is 3. The summed E-state index contributed by atoms with van der Waals surface area (Å²) in [6.45, 7) is 0. The van der Waals surface area contributed by atoms with Gasteiger partial charge in [0.2, 0.25) is 0 Å². The second kappa shape index (κ2) is 3.92. The molecule has 2 aliphatic rings. The van der Waals surface area contributed by atoms with Crippen molar-refractivity contribution in [3.05, 3.63) is 27.1 Å². The van der Waals surface area contributed by atoms with Gasteiger partial charge in [-0.05, 0) is 35.6 Å². The topological polar surface area (TPSA) is 45.8 Å². The third-order valence-electron chi connectivity index (χ3n) is 4.25. The Kier molecular flexibility index (Phi) is 2.34. The van der Waals surface area contributed by atoms with Crippen molar-refractivity contribution in [3.8, 4) is 0 Å². The Morgan fingerprint density at radius 3 is 2.83 bits per heavy atom. The minimum absolute atomic E-state index is 0.0810. The first-order chi connectivity index (χ1) is 8.81. The van der Waals surface area contributed by atoms with Crippen LogP contribution in [-0.2, 0) is 6.42 Å². The fourth-order valence-corrected chi connectivity index (χ4v) is 3.82. The van der Waals surface area contributed by atoms with Gasteiger partial charge in [0, 0.05) is 6.42 Å². The number of H-pyrrole nitrogens is 1. The lowest BCUT2D eigenvalue weighted by Gasteiger charge is -2.24. The van der Waals surface area contributed by atoms with Crippen LogP contribution < -0.4 is 5.56 Å². The monoisotopic (exact) mass is 260 g/mol. The molecule has 0 radical (unpaired) electrons. The Balaban J connectivity index is 1.76. The predicted molar refractivity (Wildman–Crippen MR) is 73.3 cm³/mol. The molecule has 2 aromatic heterocycles. The van der Waals surface area contributed by atoms with Gasteiger partial charge in [-0.25, -0.2) is 4.98 Å². The van der Waals surface area contributed by atoms with E-state index in [4.69, 9.17) is 0 Å². The van der Waals surface area contributed by atoms with Crippen LogP contribution in [0.3, 0.4) is 0 Å². The van der Waals surface area contributed by atoms with E-state index in [1.54, 1.807) is 11.3 Å². The van der Waals surface area contributed by atoms with Crippen LogP contribution in [0.1, 0.15) is 49.4 Å². The maximum absolute atomic E-state index is 12.2. The summed E-state index contributed by atoms with van der Waals surface area (Å²) in [5.74, 6) is 2.26. The zero-order valence-electron chi connectivity index (χ0n) is 10.2. The van der Waals surface area contributed by atoms with E-state index in [1.807, 2.05) is 0 Å². The summed E-state index contributed by atoms with van der Waals surface area (Å²) in [5.41, 5.74) is 1.32. The van der Waals surface area contributed by atoms with Crippen LogP contribution in [0.2, 0.25) is 0 Å². The number of nitrogens with one attached hydrogen (secondary N) is 1. The predicted octanol–water partition coefficient (Wildman–Crippen LogP) is 3.20. The summed E-state index contributed by atoms with van der Waals surface area (Å²) < 4.78 is 0. The van der Waals surface area contributed by atoms with Crippen LogP contribution >= 0.6 is 11.3 Å². The van der Waals surface area contributed by atoms with Crippen LogP contribution in [0.15, 0.2) is 10.2 Å². The van der Waals surface area contributed by atoms with Crippen molar-refractivity contribution in [2.45, 2.75) is 44.4 Å². The summed E-state index contributed by atoms with van der Waals surface area (Å²) in [5, 5.41) is 3.00. The van der Waals surface area contributed by atoms with Gasteiger partial charge in [0.25, 0.3) is 5.56 Å². The molecule has 2 aromatic rings. The standard InChI is InChI=1S/C14H16N2OS/c17-13-12-10(9-4-5-9)7-18-14(12)16-11(15-13)6-8-2-1-3-8/h7-9H,1-6H2,(H,15,16,17). The van der Waals surface area contributed by atoms with Gasteiger partial charge < -0.3 is 4.98 Å². The molecule has 2 aliphatic carbocycles. The van der Waals surface area contributed by atoms with Gasteiger partial charge in [-0.2, -0.15) is 0 Å². The third-order valence-corrected chi connectivity index (χ3v) is 5.14. The number of hydrogen-bond acceptors (Lipinski definition) is 3. The maximum atomic E-state index is 12.2. The molecule has 3 nitrogen and oxygen atoms in total. The fourth-order valence-electron chi connectivity index (χ4n) is 2.78. The van der Waals surface area contributed by atoms with Crippen molar-refractivity contribution in [2.75, 3.05) is 0 Å². The molecular weight excluding hydrogens is 244 g/mol. The van der Waals surface area contributed by atoms with Gasteiger partial charge in [-0.15, -0.1) is 11.3 Å². The molecule has 2 fully saturated rings. The molecular formula is C14H16N2OS. The Hall–Kier alpha value is -1.16. The summed E-state index contributed by atoms with van der Waals surface area (Å²) in [6.07, 6.45) is 7.33. The summed E-state index contributed by atoms with van der Waals surface area (Å²) >= 11 is 1.63. The molecule has 94 valence electrons. The molecule has 0 spiro atoms. The van der Waals surface area contributed by atoms with Crippen LogP contribution in [0.5, 0.6) is 0 Å². The van der Waals surface area contributed by atoms with Crippen molar-refractivity contribution in [3.63, 3.8) is 0 Å². The minimum Gasteiger partial charge on any atom is -0.310 e. The molecule has 2 saturated carbocycles. The SMILES string of the molecule is O=c1[nH]c(CC2CCC2)nc2scc(C3CC3)c12. The lowest BCUT2D eigenvalue weighted by atomic mass is 9.83. The van der Waals surface area contributed by atoms with E-state index in [0.29, 0.717) is 5.92 Å². The van der Waals surface area contributed by atoms with Gasteiger partial charge in [0.15, 0.2) is 0 Å². The number of nitrogens with zero attached hydrogens (tertiary/aromatic N) is 1. The van der Waals surface area contributed by atoms with E-state index in [9.17, 15) is 4.79 Å². The third kappa shape index (κ3) is 1.70. The van der Waals surface area contributed by atoms with Crippen molar-refractivity contribution in [2.24, 2.45) is 5.92 Å². The van der Waals surface area contributed by atoms with Crippen LogP contribution in [0.4, 0.5) is 0 Å². The van der Waals surface area contributed by atoms with Gasteiger partial charge >= 0.3 is 0 Å². The first kappa shape index (κ1) is 10.7. The normalized spacial score (nSPS) is 20.2. The molecule has 18 heavy (non-hydrogen) atoms. The molecule has 2 heterocycles. The van der Waals surface area contributed by atoms with Crippen molar-refractivity contribution in [1.29, 1.82) is 0 Å². The second-order valence-electron chi connectivity index (χ2n) is 5.66. The van der Waals surface area contributed by atoms with Crippen LogP contribution in [0.25, 0.3) is 10.2 Å². The molecule has 4 heteroatoms. The Bertz CT molecular complexity index is 649. The highest BCUT2D eigenvalue weighted by Crippen LogP contribution is 2.44. The van der Waals surface area contributed by atoms with Crippen molar-refractivity contribution in [1.82, 2.24) is 9.97 Å². The van der Waals surface area contributed by atoms with Crippen molar-refractivity contribution < 1.29 is 0 Å². The van der Waals surface area contributed by atoms with Gasteiger partial charge in [-0.1, -0.05) is 19.3 Å². The first-order valence-corrected chi connectivity index (χ1v) is 7.69. The van der Waals surface area contributed by atoms with Gasteiger partial charge in [0.05, 0.1) is 5.39 Å². The number of thiophene rings is 1. The number of hydrogen-bond donors (Lipinski definition) is 1. The maximum Gasteiger partial charge on any atom is 0.259 e. The largest absolute Gasteiger partial charge is 0.310 e. The molecule has 0 aromatic carbocycles. The Labute approximate surface area is 109 Å². The minimum atomic E-state index is 0.0810. The molecule has 0 bridgehead atoms. The zero-order chi connectivity index (χ0) is 12.1. The highest BCUT2D eigenvalue weighted by atomic mass is 32.1. The summed E-state index contributed by atoms with van der Waals surface area (Å²) in [7, 11) is 0.